The van der Waals surface area contributed by atoms with Crippen LogP contribution in [-0.4, -0.2) is 43.6 Å². The third-order valence-electron chi connectivity index (χ3n) is 23.4. The molecule has 0 amide bonds. The topological polar surface area (TPSA) is 92.1 Å². The van der Waals surface area contributed by atoms with Crippen LogP contribution >= 0.6 is 34.0 Å². The minimum atomic E-state index is 0.642. The molecule has 0 spiro atoms. The molecule has 120 heavy (non-hydrogen) atoms. The second-order valence-corrected chi connectivity index (χ2v) is 33.5. The van der Waals surface area contributed by atoms with Crippen molar-refractivity contribution in [2.75, 3.05) is 0 Å². The number of nitrogens with zero attached hydrogens (tertiary/aromatic N) is 9. The van der Waals surface area contributed by atoms with Crippen LogP contribution in [0.5, 0.6) is 0 Å². The first-order valence-corrected chi connectivity index (χ1v) is 42.7. The Kier molecular flexibility index (Phi) is 16.3. The highest BCUT2D eigenvalue weighted by Gasteiger charge is 2.26. The minimum absolute atomic E-state index is 0.642. The van der Waals surface area contributed by atoms with Gasteiger partial charge in [0.25, 0.3) is 0 Å². The number of hydrogen-bond acceptors (Lipinski definition) is 9. The Balaban J connectivity index is 0.000000137. The van der Waals surface area contributed by atoms with Crippen molar-refractivity contribution in [1.82, 2.24) is 43.6 Å². The van der Waals surface area contributed by atoms with Gasteiger partial charge in [-0.15, -0.1) is 34.0 Å². The Morgan fingerprint density at radius 1 is 0.158 bits per heavy atom. The van der Waals surface area contributed by atoms with Gasteiger partial charge in [0, 0.05) is 143 Å². The molecule has 9 nitrogen and oxygen atoms in total. The van der Waals surface area contributed by atoms with E-state index in [4.69, 9.17) is 29.9 Å². The van der Waals surface area contributed by atoms with Crippen LogP contribution in [0.4, 0.5) is 0 Å². The van der Waals surface area contributed by atoms with Crippen LogP contribution in [0, 0.1) is 0 Å². The van der Waals surface area contributed by atoms with E-state index in [0.717, 1.165) is 93.0 Å². The molecule has 8 heterocycles. The molecule has 0 atom stereocenters. The summed E-state index contributed by atoms with van der Waals surface area (Å²) in [4.78, 5) is 31.1. The molecular formula is C108H65N9S3. The van der Waals surface area contributed by atoms with Crippen molar-refractivity contribution in [1.29, 1.82) is 0 Å². The Hall–Kier alpha value is -15.2. The Morgan fingerprint density at radius 2 is 0.442 bits per heavy atom. The van der Waals surface area contributed by atoms with Crippen molar-refractivity contribution in [3.63, 3.8) is 0 Å². The van der Waals surface area contributed by atoms with Crippen LogP contribution in [-0.2, 0) is 0 Å². The van der Waals surface area contributed by atoms with E-state index in [1.807, 2.05) is 84.1 Å². The van der Waals surface area contributed by atoms with Gasteiger partial charge in [0.05, 0.1) is 33.1 Å². The van der Waals surface area contributed by atoms with E-state index in [1.165, 1.54) is 106 Å². The number of hydrogen-bond donors (Lipinski definition) is 0. The summed E-state index contributed by atoms with van der Waals surface area (Å²) in [6.07, 6.45) is 0. The van der Waals surface area contributed by atoms with Crippen molar-refractivity contribution in [2.24, 2.45) is 0 Å². The largest absolute Gasteiger partial charge is 0.309 e. The first kappa shape index (κ1) is 69.2. The van der Waals surface area contributed by atoms with E-state index in [1.54, 1.807) is 22.7 Å². The van der Waals surface area contributed by atoms with Crippen molar-refractivity contribution < 1.29 is 0 Å². The van der Waals surface area contributed by atoms with E-state index in [2.05, 4.69) is 335 Å². The summed E-state index contributed by atoms with van der Waals surface area (Å²) >= 11 is 5.45. The summed E-state index contributed by atoms with van der Waals surface area (Å²) in [6, 6.07) is 141. The fraction of sp³-hybridized carbons (Fsp3) is 0. The number of thiophene rings is 3. The van der Waals surface area contributed by atoms with Gasteiger partial charge in [-0.1, -0.05) is 303 Å². The summed E-state index contributed by atoms with van der Waals surface area (Å²) < 4.78 is 14.6. The lowest BCUT2D eigenvalue weighted by molar-refractivity contribution is 1.07. The fourth-order valence-electron chi connectivity index (χ4n) is 17.9. The molecule has 8 aromatic heterocycles. The predicted molar refractivity (Wildman–Crippen MR) is 505 cm³/mol. The lowest BCUT2D eigenvalue weighted by Crippen LogP contribution is -2.01. The third-order valence-corrected chi connectivity index (χ3v) is 27.1. The van der Waals surface area contributed by atoms with Crippen molar-refractivity contribution >= 4 is 160 Å². The number of para-hydroxylation sites is 4. The molecule has 0 bridgehead atoms. The zero-order valence-electron chi connectivity index (χ0n) is 64.3. The molecule has 17 aromatic carbocycles. The van der Waals surface area contributed by atoms with Crippen LogP contribution in [0.2, 0.25) is 0 Å². The van der Waals surface area contributed by atoms with E-state index in [9.17, 15) is 0 Å². The number of rotatable bonds is 11. The lowest BCUT2D eigenvalue weighted by atomic mass is 10.0. The summed E-state index contributed by atoms with van der Waals surface area (Å²) in [5, 5.41) is 14.7. The summed E-state index contributed by atoms with van der Waals surface area (Å²) in [7, 11) is 0. The van der Waals surface area contributed by atoms with Crippen LogP contribution < -0.4 is 0 Å². The van der Waals surface area contributed by atoms with E-state index in [-0.39, 0.29) is 0 Å². The van der Waals surface area contributed by atoms with Gasteiger partial charge < -0.3 is 13.7 Å². The first-order chi connectivity index (χ1) is 59.5. The zero-order valence-corrected chi connectivity index (χ0v) is 66.7. The van der Waals surface area contributed by atoms with Gasteiger partial charge in [0.15, 0.2) is 34.9 Å². The maximum atomic E-state index is 5.26. The molecular weight excluding hydrogens is 1520 g/mol. The molecule has 0 fully saturated rings. The molecule has 0 unspecified atom stereocenters. The Bertz CT molecular complexity index is 8300. The van der Waals surface area contributed by atoms with Crippen LogP contribution in [0.3, 0.4) is 0 Å². The van der Waals surface area contributed by atoms with E-state index < -0.39 is 0 Å². The fourth-order valence-corrected chi connectivity index (χ4v) is 21.5. The smallest absolute Gasteiger partial charge is 0.165 e. The molecule has 12 heteroatoms. The molecule has 0 saturated heterocycles. The predicted octanol–water partition coefficient (Wildman–Crippen LogP) is 29.5. The van der Waals surface area contributed by atoms with Gasteiger partial charge in [-0.05, 0) is 113 Å². The Labute approximate surface area is 700 Å². The molecule has 0 saturated carbocycles. The van der Waals surface area contributed by atoms with Crippen LogP contribution in [0.1, 0.15) is 0 Å². The van der Waals surface area contributed by atoms with Crippen LogP contribution in [0.15, 0.2) is 394 Å². The second-order valence-electron chi connectivity index (χ2n) is 30.4. The highest BCUT2D eigenvalue weighted by atomic mass is 32.1. The standard InChI is InChI=1S/C57H35N5S.C51H30N4S2/c1-4-16-36(17-5-1)55-58-56(37-18-6-2-7-19-37)60-57(59-55)48-35-41(34-47-46-24-12-15-27-53(46)63-54(47)48)62-50-26-14-11-23-43(50)45-31-29-39(33-52(45)62)38-28-30-44-42-22-10-13-25-49(42)61(51(44)32-38)40-20-8-3-9-21-40;1-3-14-31(15-4-1)49-52-50(32-16-5-2-6-17-32)54-51(53-49)42-30-34(29-41-39-20-9-12-25-46(39)57-48(41)42)55-43-23-10-7-18-36(43)37-27-26-33(28-44(37)55)35-21-13-22-40-38-19-8-11-24-45(38)56-47(35)40/h1-35H;1-30H. The number of benzene rings is 17. The van der Waals surface area contributed by atoms with Gasteiger partial charge in [-0.3, -0.25) is 0 Å². The monoisotopic (exact) mass is 1580 g/mol. The third kappa shape index (κ3) is 11.5. The normalized spacial score (nSPS) is 11.8. The van der Waals surface area contributed by atoms with Gasteiger partial charge >= 0.3 is 0 Å². The van der Waals surface area contributed by atoms with Crippen molar-refractivity contribution in [3.05, 3.63) is 394 Å². The quantitative estimate of drug-likeness (QED) is 0.128. The number of aromatic nitrogens is 9. The molecule has 0 radical (unpaired) electrons. The summed E-state index contributed by atoms with van der Waals surface area (Å²) in [5.41, 5.74) is 20.7. The van der Waals surface area contributed by atoms with E-state index >= 15 is 0 Å². The van der Waals surface area contributed by atoms with E-state index in [0.29, 0.717) is 34.9 Å². The number of fused-ring (bicyclic) bond motifs is 18. The average molecular weight is 1580 g/mol. The SMILES string of the molecule is c1ccc(-c2nc(-c3ccccc3)nc(-c3cc(-n4c5ccccc5c5ccc(-c6ccc7c8ccccc8n(-c8ccccc8)c7c6)cc54)cc4c3sc3ccccc34)n2)cc1.c1ccc(-c2nc(-c3ccccc3)nc(-c3cc(-n4c5ccccc5c5ccc(-c6cccc7c6sc6ccccc67)cc54)cc4c3sc3ccccc34)n2)cc1. The molecule has 25 aromatic rings. The van der Waals surface area contributed by atoms with Crippen LogP contribution in [0.25, 0.3) is 234 Å². The van der Waals surface area contributed by atoms with Gasteiger partial charge in [-0.2, -0.15) is 0 Å². The molecule has 0 aliphatic carbocycles. The maximum absolute atomic E-state index is 5.26. The van der Waals surface area contributed by atoms with Gasteiger partial charge in [0.1, 0.15) is 0 Å². The Morgan fingerprint density at radius 3 is 0.833 bits per heavy atom. The zero-order chi connectivity index (χ0) is 78.9. The maximum Gasteiger partial charge on any atom is 0.165 e. The van der Waals surface area contributed by atoms with Gasteiger partial charge in [-0.25, -0.2) is 29.9 Å². The molecule has 25 rings (SSSR count). The second kappa shape index (κ2) is 28.3. The highest BCUT2D eigenvalue weighted by Crippen LogP contribution is 2.49. The lowest BCUT2D eigenvalue weighted by Gasteiger charge is -2.14. The average Bonchev–Trinajstić information content (AvgIpc) is 1.57. The van der Waals surface area contributed by atoms with Gasteiger partial charge in [0.2, 0.25) is 0 Å². The molecule has 0 aliphatic heterocycles. The highest BCUT2D eigenvalue weighted by molar-refractivity contribution is 7.27. The first-order valence-electron chi connectivity index (χ1n) is 40.2. The minimum Gasteiger partial charge on any atom is -0.309 e. The molecule has 0 N–H and O–H groups in total. The summed E-state index contributed by atoms with van der Waals surface area (Å²) in [6.45, 7) is 0. The molecule has 0 aliphatic rings. The molecule has 560 valence electrons. The summed E-state index contributed by atoms with van der Waals surface area (Å²) in [5.74, 6) is 3.88. The van der Waals surface area contributed by atoms with Crippen molar-refractivity contribution in [3.8, 4) is 108 Å². The van der Waals surface area contributed by atoms with Crippen molar-refractivity contribution in [2.45, 2.75) is 0 Å².